The molecule has 1 rings (SSSR count). The van der Waals surface area contributed by atoms with Crippen molar-refractivity contribution >= 4 is 46.8 Å². The van der Waals surface area contributed by atoms with E-state index < -0.39 is 9.82 Å². The molecule has 72 valence electrons. The summed E-state index contributed by atoms with van der Waals surface area (Å²) in [5, 5.41) is 5.31. The molecule has 0 atom stereocenters. The number of primary amides is 1. The lowest BCUT2D eigenvalue weighted by Crippen LogP contribution is -2.19. The van der Waals surface area contributed by atoms with Crippen molar-refractivity contribution in [3.63, 3.8) is 0 Å². The van der Waals surface area contributed by atoms with Gasteiger partial charge in [-0.25, -0.2) is 4.79 Å². The maximum Gasteiger partial charge on any atom is 0.329 e. The maximum absolute atomic E-state index is 10.3. The number of hydrogen-bond donors (Lipinski definition) is 2. The van der Waals surface area contributed by atoms with Crippen molar-refractivity contribution in [1.29, 1.82) is 0 Å². The molecule has 1 aromatic rings. The third kappa shape index (κ3) is 2.91. The van der Waals surface area contributed by atoms with Crippen LogP contribution in [0.3, 0.4) is 0 Å². The van der Waals surface area contributed by atoms with E-state index in [-0.39, 0.29) is 11.8 Å². The molecular formula is C4H3Cl3N4O2. The Kier molecular flexibility index (Phi) is 2.84. The largest absolute Gasteiger partial charge is 0.351 e. The van der Waals surface area contributed by atoms with Crippen LogP contribution in [-0.2, 0) is 3.79 Å². The predicted octanol–water partition coefficient (Wildman–Crippen LogP) is 1.39. The standard InChI is InChI=1S/C4H3Cl3N4O2/c5-4(6,7)1-9-3(13-11-1)10-2(8)12/h(H3,8,9,10,11,12). The van der Waals surface area contributed by atoms with Crippen molar-refractivity contribution in [2.24, 2.45) is 5.73 Å². The van der Waals surface area contributed by atoms with E-state index in [1.54, 1.807) is 0 Å². The minimum absolute atomic E-state index is 0.179. The minimum atomic E-state index is -1.79. The van der Waals surface area contributed by atoms with Crippen molar-refractivity contribution in [3.8, 4) is 0 Å². The number of hydrogen-bond acceptors (Lipinski definition) is 4. The van der Waals surface area contributed by atoms with E-state index in [9.17, 15) is 4.79 Å². The van der Waals surface area contributed by atoms with Gasteiger partial charge in [-0.3, -0.25) is 5.32 Å². The fraction of sp³-hybridized carbons (Fsp3) is 0.250. The molecule has 6 nitrogen and oxygen atoms in total. The van der Waals surface area contributed by atoms with Gasteiger partial charge in [0.25, 0.3) is 3.79 Å². The molecule has 0 saturated carbocycles. The predicted molar refractivity (Wildman–Crippen MR) is 46.7 cm³/mol. The van der Waals surface area contributed by atoms with Gasteiger partial charge in [-0.15, -0.1) is 0 Å². The van der Waals surface area contributed by atoms with Crippen molar-refractivity contribution in [3.05, 3.63) is 5.82 Å². The fourth-order valence-corrected chi connectivity index (χ4v) is 0.725. The number of rotatable bonds is 1. The van der Waals surface area contributed by atoms with E-state index in [0.29, 0.717) is 0 Å². The lowest BCUT2D eigenvalue weighted by molar-refractivity contribution is 0.258. The Morgan fingerprint density at radius 1 is 1.54 bits per heavy atom. The summed E-state index contributed by atoms with van der Waals surface area (Å²) in [6.07, 6.45) is 0. The lowest BCUT2D eigenvalue weighted by atomic mass is 10.7. The number of carbonyl (C=O) groups excluding carboxylic acids is 1. The molecule has 0 aromatic carbocycles. The normalized spacial score (nSPS) is 11.3. The number of nitrogens with zero attached hydrogens (tertiary/aromatic N) is 2. The van der Waals surface area contributed by atoms with E-state index in [4.69, 9.17) is 40.5 Å². The van der Waals surface area contributed by atoms with Gasteiger partial charge in [-0.1, -0.05) is 40.0 Å². The molecule has 0 fully saturated rings. The second-order valence-corrected chi connectivity index (χ2v) is 4.19. The number of aromatic nitrogens is 2. The van der Waals surface area contributed by atoms with Gasteiger partial charge in [0.2, 0.25) is 5.82 Å². The zero-order valence-corrected chi connectivity index (χ0v) is 8.19. The molecule has 0 aliphatic rings. The first kappa shape index (κ1) is 10.4. The Morgan fingerprint density at radius 2 is 2.15 bits per heavy atom. The maximum atomic E-state index is 10.3. The summed E-state index contributed by atoms with van der Waals surface area (Å²) in [7, 11) is 0. The van der Waals surface area contributed by atoms with E-state index >= 15 is 0 Å². The first-order chi connectivity index (χ1) is 5.89. The third-order valence-corrected chi connectivity index (χ3v) is 1.42. The van der Waals surface area contributed by atoms with E-state index in [1.807, 2.05) is 5.32 Å². The van der Waals surface area contributed by atoms with Gasteiger partial charge in [-0.05, 0) is 0 Å². The zero-order valence-electron chi connectivity index (χ0n) is 5.92. The van der Waals surface area contributed by atoms with Gasteiger partial charge in [0, 0.05) is 0 Å². The number of urea groups is 1. The second-order valence-electron chi connectivity index (χ2n) is 1.91. The first-order valence-electron chi connectivity index (χ1n) is 2.87. The molecule has 0 radical (unpaired) electrons. The van der Waals surface area contributed by atoms with Crippen LogP contribution in [0.4, 0.5) is 10.8 Å². The van der Waals surface area contributed by atoms with Crippen LogP contribution in [0.15, 0.2) is 4.52 Å². The summed E-state index contributed by atoms with van der Waals surface area (Å²) >= 11 is 16.2. The Hall–Kier alpha value is -0.720. The number of amides is 2. The average Bonchev–Trinajstić information content (AvgIpc) is 2.32. The molecule has 2 amide bonds. The Labute approximate surface area is 87.3 Å². The topological polar surface area (TPSA) is 94.0 Å². The van der Waals surface area contributed by atoms with Crippen molar-refractivity contribution < 1.29 is 9.32 Å². The van der Waals surface area contributed by atoms with Crippen LogP contribution in [0.5, 0.6) is 0 Å². The number of nitrogens with one attached hydrogen (secondary N) is 1. The minimum Gasteiger partial charge on any atom is -0.351 e. The van der Waals surface area contributed by atoms with Gasteiger partial charge < -0.3 is 10.3 Å². The number of anilines is 1. The van der Waals surface area contributed by atoms with E-state index in [1.165, 1.54) is 0 Å². The highest BCUT2D eigenvalue weighted by Gasteiger charge is 2.29. The number of carbonyl (C=O) groups is 1. The van der Waals surface area contributed by atoms with Crippen LogP contribution >= 0.6 is 34.8 Å². The lowest BCUT2D eigenvalue weighted by Gasteiger charge is -2.01. The molecule has 0 aliphatic carbocycles. The Morgan fingerprint density at radius 3 is 2.54 bits per heavy atom. The van der Waals surface area contributed by atoms with Gasteiger partial charge in [0.15, 0.2) is 0 Å². The van der Waals surface area contributed by atoms with Crippen molar-refractivity contribution in [2.75, 3.05) is 5.32 Å². The third-order valence-electron chi connectivity index (χ3n) is 0.910. The second kappa shape index (κ2) is 3.57. The molecule has 0 bridgehead atoms. The monoisotopic (exact) mass is 244 g/mol. The summed E-state index contributed by atoms with van der Waals surface area (Å²) in [5.41, 5.74) is 4.77. The van der Waals surface area contributed by atoms with Gasteiger partial charge >= 0.3 is 12.0 Å². The number of halogens is 3. The molecule has 9 heteroatoms. The molecule has 0 saturated heterocycles. The molecule has 3 N–H and O–H groups in total. The molecule has 0 spiro atoms. The number of nitrogens with two attached hydrogens (primary N) is 1. The van der Waals surface area contributed by atoms with Crippen LogP contribution < -0.4 is 11.1 Å². The van der Waals surface area contributed by atoms with Crippen LogP contribution in [0.25, 0.3) is 0 Å². The molecular weight excluding hydrogens is 242 g/mol. The molecule has 13 heavy (non-hydrogen) atoms. The highest BCUT2D eigenvalue weighted by Crippen LogP contribution is 2.36. The van der Waals surface area contributed by atoms with Gasteiger partial charge in [0.1, 0.15) is 0 Å². The summed E-state index contributed by atoms with van der Waals surface area (Å²) in [4.78, 5) is 13.8. The van der Waals surface area contributed by atoms with Crippen LogP contribution in [0, 0.1) is 0 Å². The Balaban J connectivity index is 2.81. The van der Waals surface area contributed by atoms with E-state index in [2.05, 4.69) is 14.7 Å². The summed E-state index contributed by atoms with van der Waals surface area (Å²) in [6, 6.07) is -1.08. The molecule has 0 unspecified atom stereocenters. The van der Waals surface area contributed by atoms with Gasteiger partial charge in [-0.2, -0.15) is 4.98 Å². The molecule has 0 aliphatic heterocycles. The highest BCUT2D eigenvalue weighted by atomic mass is 35.6. The summed E-state index contributed by atoms with van der Waals surface area (Å²) in [5.74, 6) is -0.179. The SMILES string of the molecule is NC(=O)Nc1nc(C(Cl)(Cl)Cl)no1. The fourth-order valence-electron chi connectivity index (χ4n) is 0.495. The van der Waals surface area contributed by atoms with Crippen molar-refractivity contribution in [2.45, 2.75) is 3.79 Å². The zero-order chi connectivity index (χ0) is 10.1. The van der Waals surface area contributed by atoms with Crippen LogP contribution in [-0.4, -0.2) is 16.2 Å². The molecule has 1 aromatic heterocycles. The van der Waals surface area contributed by atoms with Crippen molar-refractivity contribution in [1.82, 2.24) is 10.1 Å². The summed E-state index contributed by atoms with van der Waals surface area (Å²) < 4.78 is 2.68. The smallest absolute Gasteiger partial charge is 0.329 e. The quantitative estimate of drug-likeness (QED) is 0.731. The Bertz CT molecular complexity index is 319. The van der Waals surface area contributed by atoms with Gasteiger partial charge in [0.05, 0.1) is 0 Å². The van der Waals surface area contributed by atoms with Crippen LogP contribution in [0.1, 0.15) is 5.82 Å². The molecule has 1 heterocycles. The van der Waals surface area contributed by atoms with E-state index in [0.717, 1.165) is 0 Å². The van der Waals surface area contributed by atoms with Crippen LogP contribution in [0.2, 0.25) is 0 Å². The highest BCUT2D eigenvalue weighted by molar-refractivity contribution is 6.66. The summed E-state index contributed by atoms with van der Waals surface area (Å²) in [6.45, 7) is 0. The first-order valence-corrected chi connectivity index (χ1v) is 4.00. The average molecular weight is 245 g/mol. The number of alkyl halides is 3.